The fourth-order valence-corrected chi connectivity index (χ4v) is 4.24. The zero-order valence-corrected chi connectivity index (χ0v) is 16.2. The zero-order valence-electron chi connectivity index (χ0n) is 15.4. The van der Waals surface area contributed by atoms with Crippen LogP contribution in [0.1, 0.15) is 21.7 Å². The van der Waals surface area contributed by atoms with Gasteiger partial charge in [-0.25, -0.2) is 4.98 Å². The number of benzene rings is 3. The van der Waals surface area contributed by atoms with Gasteiger partial charge in [-0.2, -0.15) is 0 Å². The lowest BCUT2D eigenvalue weighted by Gasteiger charge is -2.03. The SMILES string of the molecule is O=C(c1ccccc1)c1nnc2c(n1)[nH]c1c(SCc3ccccc3)cccc12. The van der Waals surface area contributed by atoms with E-state index in [1.807, 2.05) is 48.5 Å². The Hall–Kier alpha value is -3.51. The molecule has 0 saturated heterocycles. The third-order valence-electron chi connectivity index (χ3n) is 4.69. The molecule has 2 heterocycles. The second-order valence-corrected chi connectivity index (χ2v) is 7.62. The van der Waals surface area contributed by atoms with E-state index < -0.39 is 0 Å². The Morgan fingerprint density at radius 1 is 0.862 bits per heavy atom. The maximum Gasteiger partial charge on any atom is 0.232 e. The molecule has 0 aliphatic heterocycles. The Kier molecular flexibility index (Phi) is 4.54. The number of nitrogens with zero attached hydrogens (tertiary/aromatic N) is 3. The average molecular weight is 396 g/mol. The van der Waals surface area contributed by atoms with Gasteiger partial charge >= 0.3 is 0 Å². The van der Waals surface area contributed by atoms with Crippen LogP contribution in [-0.4, -0.2) is 25.9 Å². The number of H-pyrrole nitrogens is 1. The van der Waals surface area contributed by atoms with Gasteiger partial charge in [0.1, 0.15) is 5.52 Å². The summed E-state index contributed by atoms with van der Waals surface area (Å²) in [7, 11) is 0. The van der Waals surface area contributed by atoms with Gasteiger partial charge in [0, 0.05) is 21.6 Å². The van der Waals surface area contributed by atoms with Gasteiger partial charge in [0.25, 0.3) is 0 Å². The van der Waals surface area contributed by atoms with E-state index in [1.54, 1.807) is 23.9 Å². The van der Waals surface area contributed by atoms with Crippen LogP contribution in [0.2, 0.25) is 0 Å². The van der Waals surface area contributed by atoms with Gasteiger partial charge in [-0.1, -0.05) is 72.8 Å². The van der Waals surface area contributed by atoms with Crippen molar-refractivity contribution in [1.82, 2.24) is 20.2 Å². The van der Waals surface area contributed by atoms with Gasteiger partial charge < -0.3 is 4.98 Å². The molecule has 0 spiro atoms. The summed E-state index contributed by atoms with van der Waals surface area (Å²) in [5.74, 6) is 0.720. The van der Waals surface area contributed by atoms with E-state index in [0.29, 0.717) is 16.7 Å². The van der Waals surface area contributed by atoms with Crippen LogP contribution in [-0.2, 0) is 5.75 Å². The van der Waals surface area contributed by atoms with Crippen LogP contribution < -0.4 is 0 Å². The molecule has 2 aromatic heterocycles. The number of carbonyl (C=O) groups excluding carboxylic acids is 1. The molecule has 140 valence electrons. The first-order valence-corrected chi connectivity index (χ1v) is 10.2. The maximum absolute atomic E-state index is 12.6. The second-order valence-electron chi connectivity index (χ2n) is 6.61. The smallest absolute Gasteiger partial charge is 0.232 e. The molecule has 0 atom stereocenters. The first kappa shape index (κ1) is 17.6. The summed E-state index contributed by atoms with van der Waals surface area (Å²) in [5, 5.41) is 9.35. The van der Waals surface area contributed by atoms with Gasteiger partial charge in [-0.3, -0.25) is 4.79 Å². The van der Waals surface area contributed by atoms with Crippen molar-refractivity contribution in [2.24, 2.45) is 0 Å². The molecule has 5 rings (SSSR count). The Morgan fingerprint density at radius 2 is 1.62 bits per heavy atom. The number of hydrogen-bond acceptors (Lipinski definition) is 5. The average Bonchev–Trinajstić information content (AvgIpc) is 3.17. The molecule has 1 N–H and O–H groups in total. The van der Waals surface area contributed by atoms with E-state index in [1.165, 1.54) is 5.56 Å². The second kappa shape index (κ2) is 7.48. The molecule has 0 bridgehead atoms. The van der Waals surface area contributed by atoms with Crippen LogP contribution in [0.25, 0.3) is 22.1 Å². The van der Waals surface area contributed by atoms with Crippen molar-refractivity contribution in [2.45, 2.75) is 10.6 Å². The Bertz CT molecular complexity index is 1320. The van der Waals surface area contributed by atoms with Crippen molar-refractivity contribution in [3.63, 3.8) is 0 Å². The summed E-state index contributed by atoms with van der Waals surface area (Å²) in [5.41, 5.74) is 4.02. The minimum Gasteiger partial charge on any atom is -0.337 e. The van der Waals surface area contributed by atoms with Crippen LogP contribution in [0, 0.1) is 0 Å². The number of para-hydroxylation sites is 1. The van der Waals surface area contributed by atoms with Crippen molar-refractivity contribution in [3.05, 3.63) is 95.8 Å². The minimum atomic E-state index is -0.239. The largest absolute Gasteiger partial charge is 0.337 e. The summed E-state index contributed by atoms with van der Waals surface area (Å²) >= 11 is 1.75. The lowest BCUT2D eigenvalue weighted by molar-refractivity contribution is 0.102. The number of rotatable bonds is 5. The molecule has 5 nitrogen and oxygen atoms in total. The zero-order chi connectivity index (χ0) is 19.6. The number of nitrogens with one attached hydrogen (secondary N) is 1. The number of fused-ring (bicyclic) bond motifs is 3. The fraction of sp³-hybridized carbons (Fsp3) is 0.0435. The van der Waals surface area contributed by atoms with E-state index in [-0.39, 0.29) is 11.6 Å². The highest BCUT2D eigenvalue weighted by Crippen LogP contribution is 2.32. The van der Waals surface area contributed by atoms with E-state index in [4.69, 9.17) is 0 Å². The molecule has 0 amide bonds. The molecule has 29 heavy (non-hydrogen) atoms. The van der Waals surface area contributed by atoms with Gasteiger partial charge in [0.05, 0.1) is 5.52 Å². The predicted molar refractivity (Wildman–Crippen MR) is 115 cm³/mol. The standard InChI is InChI=1S/C23H16N4OS/c28-21(16-10-5-2-6-11-16)23-25-22-20(26-27-23)17-12-7-13-18(19(17)24-22)29-14-15-8-3-1-4-9-15/h1-13H,14H2,(H,24,25,27). The monoisotopic (exact) mass is 396 g/mol. The van der Waals surface area contributed by atoms with Crippen LogP contribution >= 0.6 is 11.8 Å². The lowest BCUT2D eigenvalue weighted by atomic mass is 10.1. The van der Waals surface area contributed by atoms with Crippen molar-refractivity contribution >= 4 is 39.6 Å². The Morgan fingerprint density at radius 3 is 2.41 bits per heavy atom. The molecule has 3 aromatic carbocycles. The van der Waals surface area contributed by atoms with Crippen LogP contribution in [0.4, 0.5) is 0 Å². The highest BCUT2D eigenvalue weighted by Gasteiger charge is 2.17. The summed E-state index contributed by atoms with van der Waals surface area (Å²) in [4.78, 5) is 21.6. The van der Waals surface area contributed by atoms with Gasteiger partial charge in [-0.05, 0) is 11.6 Å². The number of thioether (sulfide) groups is 1. The van der Waals surface area contributed by atoms with Gasteiger partial charge in [-0.15, -0.1) is 22.0 Å². The van der Waals surface area contributed by atoms with Gasteiger partial charge in [0.15, 0.2) is 5.65 Å². The molecular weight excluding hydrogens is 380 g/mol. The normalized spacial score (nSPS) is 11.2. The molecule has 0 fully saturated rings. The Labute approximate surface area is 171 Å². The Balaban J connectivity index is 1.52. The van der Waals surface area contributed by atoms with E-state index in [0.717, 1.165) is 21.6 Å². The summed E-state index contributed by atoms with van der Waals surface area (Å²) in [6, 6.07) is 25.4. The number of aromatic nitrogens is 4. The third-order valence-corrected chi connectivity index (χ3v) is 5.82. The molecular formula is C23H16N4OS. The van der Waals surface area contributed by atoms with Gasteiger partial charge in [0.2, 0.25) is 11.6 Å². The third kappa shape index (κ3) is 3.39. The molecule has 0 aliphatic rings. The minimum absolute atomic E-state index is 0.0914. The number of carbonyl (C=O) groups is 1. The van der Waals surface area contributed by atoms with Crippen molar-refractivity contribution in [2.75, 3.05) is 0 Å². The summed E-state index contributed by atoms with van der Waals surface area (Å²) in [6.45, 7) is 0. The lowest BCUT2D eigenvalue weighted by Crippen LogP contribution is -2.08. The number of ketones is 1. The van der Waals surface area contributed by atoms with Crippen molar-refractivity contribution in [3.8, 4) is 0 Å². The van der Waals surface area contributed by atoms with E-state index >= 15 is 0 Å². The van der Waals surface area contributed by atoms with Crippen molar-refractivity contribution < 1.29 is 4.79 Å². The highest BCUT2D eigenvalue weighted by atomic mass is 32.2. The molecule has 0 unspecified atom stereocenters. The molecule has 6 heteroatoms. The summed E-state index contributed by atoms with van der Waals surface area (Å²) in [6.07, 6.45) is 0. The number of aromatic amines is 1. The molecule has 0 radical (unpaired) electrons. The molecule has 0 saturated carbocycles. The topological polar surface area (TPSA) is 71.5 Å². The first-order chi connectivity index (χ1) is 14.3. The van der Waals surface area contributed by atoms with Crippen LogP contribution in [0.15, 0.2) is 83.8 Å². The van der Waals surface area contributed by atoms with E-state index in [2.05, 4.69) is 38.4 Å². The van der Waals surface area contributed by atoms with Crippen LogP contribution in [0.3, 0.4) is 0 Å². The first-order valence-electron chi connectivity index (χ1n) is 9.21. The van der Waals surface area contributed by atoms with Crippen molar-refractivity contribution in [1.29, 1.82) is 0 Å². The quantitative estimate of drug-likeness (QED) is 0.333. The predicted octanol–water partition coefficient (Wildman–Crippen LogP) is 5.03. The molecule has 0 aliphatic carbocycles. The summed E-state index contributed by atoms with van der Waals surface area (Å²) < 4.78 is 0. The molecule has 5 aromatic rings. The van der Waals surface area contributed by atoms with Crippen LogP contribution in [0.5, 0.6) is 0 Å². The maximum atomic E-state index is 12.6. The highest BCUT2D eigenvalue weighted by molar-refractivity contribution is 7.98. The number of hydrogen-bond donors (Lipinski definition) is 1. The fourth-order valence-electron chi connectivity index (χ4n) is 3.24. The van der Waals surface area contributed by atoms with E-state index in [9.17, 15) is 4.79 Å².